The quantitative estimate of drug-likeness (QED) is 0.379. The van der Waals surface area contributed by atoms with E-state index in [1.54, 1.807) is 25.1 Å². The third-order valence-corrected chi connectivity index (χ3v) is 4.00. The van der Waals surface area contributed by atoms with Crippen LogP contribution in [-0.2, 0) is 19.9 Å². The minimum atomic E-state index is -1.80. The number of nitrogens with zero attached hydrogens (tertiary/aromatic N) is 2. The van der Waals surface area contributed by atoms with Crippen molar-refractivity contribution >= 4 is 35.4 Å². The summed E-state index contributed by atoms with van der Waals surface area (Å²) < 4.78 is 4.81. The molecule has 1 aromatic carbocycles. The van der Waals surface area contributed by atoms with E-state index < -0.39 is 22.2 Å². The summed E-state index contributed by atoms with van der Waals surface area (Å²) in [4.78, 5) is 40.0. The second-order valence-electron chi connectivity index (χ2n) is 5.41. The second kappa shape index (κ2) is 6.31. The SMILES string of the molecule is CCOC(=O)C(=O)C1(c2c([N+](=O)[O-])ccc3c2C=CCN3)C=CC=N1. The predicted molar refractivity (Wildman–Crippen MR) is 91.6 cm³/mol. The number of ketones is 1. The molecule has 0 bridgehead atoms. The number of esters is 1. The highest BCUT2D eigenvalue weighted by atomic mass is 16.6. The van der Waals surface area contributed by atoms with Crippen LogP contribution in [0.5, 0.6) is 0 Å². The number of ether oxygens (including phenoxy) is 1. The highest BCUT2D eigenvalue weighted by Gasteiger charge is 2.49. The van der Waals surface area contributed by atoms with Gasteiger partial charge in [0.05, 0.1) is 17.1 Å². The number of aliphatic imine (C=N–C) groups is 1. The zero-order valence-corrected chi connectivity index (χ0v) is 13.4. The van der Waals surface area contributed by atoms with Gasteiger partial charge in [-0.2, -0.15) is 0 Å². The fourth-order valence-corrected chi connectivity index (χ4v) is 2.97. The van der Waals surface area contributed by atoms with Crippen molar-refractivity contribution < 1.29 is 19.2 Å². The number of hydrogen-bond acceptors (Lipinski definition) is 7. The summed E-state index contributed by atoms with van der Waals surface area (Å²) in [6.45, 7) is 2.15. The number of nitro benzene ring substituents is 1. The van der Waals surface area contributed by atoms with Gasteiger partial charge in [0.15, 0.2) is 5.54 Å². The average molecular weight is 341 g/mol. The second-order valence-corrected chi connectivity index (χ2v) is 5.41. The smallest absolute Gasteiger partial charge is 0.378 e. The molecule has 0 radical (unpaired) electrons. The molecule has 2 aliphatic heterocycles. The molecule has 128 valence electrons. The van der Waals surface area contributed by atoms with Crippen LogP contribution >= 0.6 is 0 Å². The van der Waals surface area contributed by atoms with Crippen LogP contribution < -0.4 is 5.32 Å². The van der Waals surface area contributed by atoms with Crippen molar-refractivity contribution in [1.82, 2.24) is 0 Å². The molecule has 2 heterocycles. The Balaban J connectivity index is 2.28. The van der Waals surface area contributed by atoms with E-state index in [4.69, 9.17) is 4.74 Å². The van der Waals surface area contributed by atoms with E-state index in [1.165, 1.54) is 24.4 Å². The van der Waals surface area contributed by atoms with E-state index in [9.17, 15) is 19.7 Å². The first-order valence-corrected chi connectivity index (χ1v) is 7.68. The minimum absolute atomic E-state index is 0.0184. The monoisotopic (exact) mass is 341 g/mol. The molecule has 0 fully saturated rings. The molecule has 8 heteroatoms. The number of fused-ring (bicyclic) bond motifs is 1. The van der Waals surface area contributed by atoms with Crippen molar-refractivity contribution in [1.29, 1.82) is 0 Å². The molecule has 1 unspecified atom stereocenters. The van der Waals surface area contributed by atoms with Crippen LogP contribution in [0.15, 0.2) is 35.4 Å². The zero-order chi connectivity index (χ0) is 18.0. The van der Waals surface area contributed by atoms with Gasteiger partial charge in [-0.25, -0.2) is 4.79 Å². The van der Waals surface area contributed by atoms with Gasteiger partial charge in [-0.3, -0.25) is 19.9 Å². The zero-order valence-electron chi connectivity index (χ0n) is 13.4. The third kappa shape index (κ3) is 2.61. The van der Waals surface area contributed by atoms with Gasteiger partial charge in [0.25, 0.3) is 11.5 Å². The molecule has 25 heavy (non-hydrogen) atoms. The standard InChI is InChI=1S/C17H15N3O5/c1-2-25-16(22)15(21)17(8-4-10-19-17)14-11-5-3-9-18-12(11)6-7-13(14)20(23)24/h3-8,10,18H,2,9H2,1H3. The van der Waals surface area contributed by atoms with Gasteiger partial charge in [-0.1, -0.05) is 12.2 Å². The number of anilines is 1. The van der Waals surface area contributed by atoms with Gasteiger partial charge in [-0.05, 0) is 25.1 Å². The molecule has 1 aromatic rings. The van der Waals surface area contributed by atoms with Crippen molar-refractivity contribution in [2.45, 2.75) is 12.5 Å². The summed E-state index contributed by atoms with van der Waals surface area (Å²) in [7, 11) is 0. The number of nitrogens with one attached hydrogen (secondary N) is 1. The fourth-order valence-electron chi connectivity index (χ4n) is 2.97. The van der Waals surface area contributed by atoms with Crippen molar-refractivity contribution in [2.24, 2.45) is 4.99 Å². The van der Waals surface area contributed by atoms with Gasteiger partial charge in [0.1, 0.15) is 0 Å². The molecular weight excluding hydrogens is 326 g/mol. The molecule has 0 amide bonds. The molecule has 1 atom stereocenters. The van der Waals surface area contributed by atoms with Gasteiger partial charge in [-0.15, -0.1) is 0 Å². The number of carbonyl (C=O) groups excluding carboxylic acids is 2. The maximum Gasteiger partial charge on any atom is 0.378 e. The summed E-state index contributed by atoms with van der Waals surface area (Å²) in [6.07, 6.45) is 7.69. The lowest BCUT2D eigenvalue weighted by atomic mass is 9.81. The first-order chi connectivity index (χ1) is 12.0. The van der Waals surface area contributed by atoms with Crippen LogP contribution in [0.1, 0.15) is 18.1 Å². The Morgan fingerprint density at radius 2 is 2.24 bits per heavy atom. The maximum absolute atomic E-state index is 12.8. The Kier molecular flexibility index (Phi) is 4.18. The lowest BCUT2D eigenvalue weighted by Gasteiger charge is -2.26. The molecule has 0 aliphatic carbocycles. The van der Waals surface area contributed by atoms with Crippen molar-refractivity contribution in [3.63, 3.8) is 0 Å². The Morgan fingerprint density at radius 3 is 2.88 bits per heavy atom. The summed E-state index contributed by atoms with van der Waals surface area (Å²) in [6, 6.07) is 2.88. The summed E-state index contributed by atoms with van der Waals surface area (Å²) in [5, 5.41) is 14.7. The van der Waals surface area contributed by atoms with Crippen LogP contribution in [0.2, 0.25) is 0 Å². The van der Waals surface area contributed by atoms with Crippen LogP contribution in [0, 0.1) is 10.1 Å². The van der Waals surface area contributed by atoms with E-state index in [2.05, 4.69) is 10.3 Å². The largest absolute Gasteiger partial charge is 0.460 e. The highest BCUT2D eigenvalue weighted by Crippen LogP contribution is 2.43. The Labute approximate surface area is 143 Å². The Bertz CT molecular complexity index is 842. The van der Waals surface area contributed by atoms with E-state index in [0.717, 1.165) is 0 Å². The summed E-state index contributed by atoms with van der Waals surface area (Å²) in [5.74, 6) is -2.04. The van der Waals surface area contributed by atoms with Crippen LogP contribution in [0.4, 0.5) is 11.4 Å². The molecule has 0 aromatic heterocycles. The molecule has 8 nitrogen and oxygen atoms in total. The number of allylic oxidation sites excluding steroid dienone is 1. The molecule has 0 saturated heterocycles. The van der Waals surface area contributed by atoms with Crippen molar-refractivity contribution in [3.05, 3.63) is 51.6 Å². The van der Waals surface area contributed by atoms with Gasteiger partial charge >= 0.3 is 5.97 Å². The van der Waals surface area contributed by atoms with E-state index >= 15 is 0 Å². The summed E-state index contributed by atoms with van der Waals surface area (Å²) in [5.41, 5.74) is -0.935. The lowest BCUT2D eigenvalue weighted by molar-refractivity contribution is -0.385. The van der Waals surface area contributed by atoms with Crippen LogP contribution in [0.25, 0.3) is 6.08 Å². The van der Waals surface area contributed by atoms with Gasteiger partial charge in [0, 0.05) is 30.1 Å². The average Bonchev–Trinajstić information content (AvgIpc) is 3.10. The topological polar surface area (TPSA) is 111 Å². The number of nitro groups is 1. The van der Waals surface area contributed by atoms with Crippen LogP contribution in [-0.4, -0.2) is 36.0 Å². The van der Waals surface area contributed by atoms with Crippen molar-refractivity contribution in [2.75, 3.05) is 18.5 Å². The predicted octanol–water partition coefficient (Wildman–Crippen LogP) is 2.00. The number of rotatable bonds is 5. The molecule has 2 aliphatic rings. The minimum Gasteiger partial charge on any atom is -0.460 e. The molecule has 1 N–H and O–H groups in total. The Morgan fingerprint density at radius 1 is 1.44 bits per heavy atom. The number of Topliss-reactive ketones (excluding diaryl/α,β-unsaturated/α-hetero) is 1. The number of benzene rings is 1. The van der Waals surface area contributed by atoms with Crippen LogP contribution in [0.3, 0.4) is 0 Å². The molecule has 0 spiro atoms. The fraction of sp³-hybridized carbons (Fsp3) is 0.235. The van der Waals surface area contributed by atoms with E-state index in [0.29, 0.717) is 17.8 Å². The Hall–Kier alpha value is -3.29. The molecule has 0 saturated carbocycles. The normalized spacial score (nSPS) is 20.0. The van der Waals surface area contributed by atoms with Crippen molar-refractivity contribution in [3.8, 4) is 0 Å². The first-order valence-electron chi connectivity index (χ1n) is 7.68. The van der Waals surface area contributed by atoms with Gasteiger partial charge < -0.3 is 10.1 Å². The number of hydrogen-bond donors (Lipinski definition) is 1. The third-order valence-electron chi connectivity index (χ3n) is 4.00. The summed E-state index contributed by atoms with van der Waals surface area (Å²) >= 11 is 0. The van der Waals surface area contributed by atoms with E-state index in [-0.39, 0.29) is 17.9 Å². The lowest BCUT2D eigenvalue weighted by Crippen LogP contribution is -2.39. The highest BCUT2D eigenvalue weighted by molar-refractivity contribution is 6.38. The van der Waals surface area contributed by atoms with Gasteiger partial charge in [0.2, 0.25) is 0 Å². The maximum atomic E-state index is 12.8. The molecule has 3 rings (SSSR count). The first kappa shape index (κ1) is 16.6. The number of carbonyl (C=O) groups is 2. The molecular formula is C17H15N3O5. The van der Waals surface area contributed by atoms with E-state index in [1.807, 2.05) is 0 Å².